The van der Waals surface area contributed by atoms with Crippen molar-refractivity contribution < 1.29 is 13.9 Å². The number of benzene rings is 1. The maximum Gasteiger partial charge on any atom is 0.163 e. The minimum atomic E-state index is -0.229. The van der Waals surface area contributed by atoms with Gasteiger partial charge >= 0.3 is 0 Å². The summed E-state index contributed by atoms with van der Waals surface area (Å²) in [5, 5.41) is 3.32. The van der Waals surface area contributed by atoms with Gasteiger partial charge in [-0.25, -0.2) is 4.39 Å². The van der Waals surface area contributed by atoms with Crippen LogP contribution in [0.2, 0.25) is 0 Å². The quantitative estimate of drug-likeness (QED) is 0.905. The Morgan fingerprint density at radius 3 is 2.29 bits per heavy atom. The van der Waals surface area contributed by atoms with E-state index in [0.29, 0.717) is 17.1 Å². The highest BCUT2D eigenvalue weighted by molar-refractivity contribution is 5.85. The monoisotopic (exact) mass is 318 g/mol. The second-order valence-corrected chi connectivity index (χ2v) is 4.94. The average molecular weight is 319 g/mol. The molecule has 6 heteroatoms. The number of halogens is 2. The molecule has 1 aliphatic rings. The Morgan fingerprint density at radius 2 is 1.76 bits per heavy atom. The maximum atomic E-state index is 14.4. The molecule has 0 aliphatic carbocycles. The van der Waals surface area contributed by atoms with Crippen molar-refractivity contribution in [2.24, 2.45) is 0 Å². The molecule has 0 bridgehead atoms. The van der Waals surface area contributed by atoms with Crippen molar-refractivity contribution >= 4 is 12.4 Å². The summed E-state index contributed by atoms with van der Waals surface area (Å²) in [5.74, 6) is 0.787. The number of nitrogens with one attached hydrogen (secondary N) is 1. The molecule has 2 rings (SSSR count). The molecule has 0 aromatic heterocycles. The van der Waals surface area contributed by atoms with E-state index in [2.05, 4.69) is 17.1 Å². The minimum absolute atomic E-state index is 0. The van der Waals surface area contributed by atoms with E-state index in [1.807, 2.05) is 0 Å². The third-order valence-corrected chi connectivity index (χ3v) is 3.84. The Bertz CT molecular complexity index is 454. The zero-order valence-electron chi connectivity index (χ0n) is 12.8. The molecule has 0 amide bonds. The standard InChI is InChI=1S/C15H23FN2O2.ClH/c1-4-13(18-7-5-17-6-8-18)11-9-14(19-2)15(20-3)10-12(11)16;/h9-10,13,17H,4-8H2,1-3H3;1H/t13-;/m1./s1. The molecule has 0 spiro atoms. The highest BCUT2D eigenvalue weighted by Gasteiger charge is 2.24. The van der Waals surface area contributed by atoms with Gasteiger partial charge in [-0.15, -0.1) is 12.4 Å². The van der Waals surface area contributed by atoms with Crippen LogP contribution in [0.4, 0.5) is 4.39 Å². The third kappa shape index (κ3) is 3.99. The van der Waals surface area contributed by atoms with Crippen LogP contribution in [0.1, 0.15) is 24.9 Å². The van der Waals surface area contributed by atoms with Crippen LogP contribution in [-0.4, -0.2) is 45.3 Å². The van der Waals surface area contributed by atoms with Gasteiger partial charge in [0.1, 0.15) is 5.82 Å². The fourth-order valence-electron chi connectivity index (χ4n) is 2.79. The Kier molecular flexibility index (Phi) is 7.22. The summed E-state index contributed by atoms with van der Waals surface area (Å²) < 4.78 is 24.8. The van der Waals surface area contributed by atoms with E-state index in [9.17, 15) is 4.39 Å². The molecule has 0 unspecified atom stereocenters. The summed E-state index contributed by atoms with van der Waals surface area (Å²) in [6.45, 7) is 5.86. The number of ether oxygens (including phenoxy) is 2. The van der Waals surface area contributed by atoms with Crippen LogP contribution >= 0.6 is 12.4 Å². The van der Waals surface area contributed by atoms with Crippen molar-refractivity contribution in [3.8, 4) is 11.5 Å². The van der Waals surface area contributed by atoms with Crippen LogP contribution in [0, 0.1) is 5.82 Å². The van der Waals surface area contributed by atoms with E-state index in [-0.39, 0.29) is 24.3 Å². The van der Waals surface area contributed by atoms with Gasteiger partial charge < -0.3 is 14.8 Å². The molecule has 0 saturated carbocycles. The molecule has 1 heterocycles. The van der Waals surface area contributed by atoms with Gasteiger partial charge in [0.2, 0.25) is 0 Å². The van der Waals surface area contributed by atoms with E-state index >= 15 is 0 Å². The largest absolute Gasteiger partial charge is 0.493 e. The van der Waals surface area contributed by atoms with E-state index in [1.165, 1.54) is 13.2 Å². The molecular formula is C15H24ClFN2O2. The van der Waals surface area contributed by atoms with Gasteiger partial charge in [-0.3, -0.25) is 4.90 Å². The Morgan fingerprint density at radius 1 is 1.19 bits per heavy atom. The van der Waals surface area contributed by atoms with Gasteiger partial charge in [-0.05, 0) is 12.5 Å². The molecule has 21 heavy (non-hydrogen) atoms. The normalized spacial score (nSPS) is 17.0. The fourth-order valence-corrected chi connectivity index (χ4v) is 2.79. The van der Waals surface area contributed by atoms with Gasteiger partial charge in [0.05, 0.1) is 14.2 Å². The fraction of sp³-hybridized carbons (Fsp3) is 0.600. The predicted molar refractivity (Wildman–Crippen MR) is 84.2 cm³/mol. The smallest absolute Gasteiger partial charge is 0.163 e. The first-order valence-electron chi connectivity index (χ1n) is 7.07. The zero-order valence-corrected chi connectivity index (χ0v) is 13.6. The van der Waals surface area contributed by atoms with Crippen molar-refractivity contribution in [2.75, 3.05) is 40.4 Å². The van der Waals surface area contributed by atoms with Crippen LogP contribution in [0.3, 0.4) is 0 Å². The molecule has 120 valence electrons. The lowest BCUT2D eigenvalue weighted by molar-refractivity contribution is 0.166. The average Bonchev–Trinajstić information content (AvgIpc) is 2.50. The molecule has 1 fully saturated rings. The predicted octanol–water partition coefficient (Wildman–Crippen LogP) is 2.62. The Hall–Kier alpha value is -1.04. The van der Waals surface area contributed by atoms with Crippen molar-refractivity contribution in [3.05, 3.63) is 23.5 Å². The summed E-state index contributed by atoms with van der Waals surface area (Å²) in [6.07, 6.45) is 0.867. The number of nitrogens with zero attached hydrogens (tertiary/aromatic N) is 1. The van der Waals surface area contributed by atoms with Crippen molar-refractivity contribution in [1.29, 1.82) is 0 Å². The van der Waals surface area contributed by atoms with E-state index in [4.69, 9.17) is 9.47 Å². The lowest BCUT2D eigenvalue weighted by atomic mass is 10.0. The Labute approximate surface area is 132 Å². The van der Waals surface area contributed by atoms with Gasteiger partial charge in [-0.1, -0.05) is 6.92 Å². The van der Waals surface area contributed by atoms with E-state index in [0.717, 1.165) is 32.6 Å². The number of piperazine rings is 1. The van der Waals surface area contributed by atoms with Crippen LogP contribution in [0.15, 0.2) is 12.1 Å². The molecule has 1 N–H and O–H groups in total. The molecule has 1 saturated heterocycles. The molecular weight excluding hydrogens is 295 g/mol. The number of hydrogen-bond donors (Lipinski definition) is 1. The molecule has 1 aromatic rings. The zero-order chi connectivity index (χ0) is 14.5. The summed E-state index contributed by atoms with van der Waals surface area (Å²) in [5.41, 5.74) is 0.687. The molecule has 4 nitrogen and oxygen atoms in total. The van der Waals surface area contributed by atoms with Crippen molar-refractivity contribution in [2.45, 2.75) is 19.4 Å². The lowest BCUT2D eigenvalue weighted by Gasteiger charge is -2.35. The second-order valence-electron chi connectivity index (χ2n) is 4.94. The Balaban J connectivity index is 0.00000220. The third-order valence-electron chi connectivity index (χ3n) is 3.84. The van der Waals surface area contributed by atoms with Gasteiger partial charge in [0.25, 0.3) is 0 Å². The molecule has 1 aliphatic heterocycles. The number of methoxy groups -OCH3 is 2. The molecule has 1 atom stereocenters. The van der Waals surface area contributed by atoms with Crippen molar-refractivity contribution in [1.82, 2.24) is 10.2 Å². The number of hydrogen-bond acceptors (Lipinski definition) is 4. The van der Waals surface area contributed by atoms with Crippen LogP contribution in [0.5, 0.6) is 11.5 Å². The van der Waals surface area contributed by atoms with Gasteiger partial charge in [0, 0.05) is 43.9 Å². The summed E-state index contributed by atoms with van der Waals surface area (Å²) in [6, 6.07) is 3.26. The van der Waals surface area contributed by atoms with Crippen LogP contribution in [0.25, 0.3) is 0 Å². The van der Waals surface area contributed by atoms with Gasteiger partial charge in [0.15, 0.2) is 11.5 Å². The summed E-state index contributed by atoms with van der Waals surface area (Å²) in [4.78, 5) is 2.32. The summed E-state index contributed by atoms with van der Waals surface area (Å²) >= 11 is 0. The minimum Gasteiger partial charge on any atom is -0.493 e. The number of rotatable bonds is 5. The molecule has 1 aromatic carbocycles. The van der Waals surface area contributed by atoms with Crippen LogP contribution < -0.4 is 14.8 Å². The second kappa shape index (κ2) is 8.41. The summed E-state index contributed by atoms with van der Waals surface area (Å²) in [7, 11) is 3.09. The van der Waals surface area contributed by atoms with E-state index < -0.39 is 0 Å². The maximum absolute atomic E-state index is 14.4. The van der Waals surface area contributed by atoms with Gasteiger partial charge in [-0.2, -0.15) is 0 Å². The highest BCUT2D eigenvalue weighted by Crippen LogP contribution is 2.35. The lowest BCUT2D eigenvalue weighted by Crippen LogP contribution is -2.45. The first kappa shape index (κ1) is 18.0. The molecule has 0 radical (unpaired) electrons. The highest BCUT2D eigenvalue weighted by atomic mass is 35.5. The first-order valence-corrected chi connectivity index (χ1v) is 7.07. The van der Waals surface area contributed by atoms with Crippen LogP contribution in [-0.2, 0) is 0 Å². The van der Waals surface area contributed by atoms with Crippen molar-refractivity contribution in [3.63, 3.8) is 0 Å². The SMILES string of the molecule is CC[C@H](c1cc(OC)c(OC)cc1F)N1CCNCC1.Cl. The van der Waals surface area contributed by atoms with E-state index in [1.54, 1.807) is 13.2 Å². The topological polar surface area (TPSA) is 33.7 Å². The first-order chi connectivity index (χ1) is 9.71.